The molecule has 0 saturated carbocycles. The van der Waals surface area contributed by atoms with Gasteiger partial charge in [-0.25, -0.2) is 0 Å². The highest BCUT2D eigenvalue weighted by Gasteiger charge is 2.18. The van der Waals surface area contributed by atoms with Gasteiger partial charge in [0, 0.05) is 43.7 Å². The molecule has 0 bridgehead atoms. The summed E-state index contributed by atoms with van der Waals surface area (Å²) in [5.41, 5.74) is 16.0. The quantitative estimate of drug-likeness (QED) is 0.173. The number of para-hydroxylation sites is 3. The zero-order valence-corrected chi connectivity index (χ0v) is 30.9. The van der Waals surface area contributed by atoms with Crippen LogP contribution in [0, 0.1) is 0 Å². The third-order valence-electron chi connectivity index (χ3n) is 11.7. The van der Waals surface area contributed by atoms with Gasteiger partial charge in [0.2, 0.25) is 0 Å². The zero-order valence-electron chi connectivity index (χ0n) is 30.9. The zero-order chi connectivity index (χ0) is 37.5. The fourth-order valence-corrected chi connectivity index (χ4v) is 8.99. The van der Waals surface area contributed by atoms with Crippen molar-refractivity contribution < 1.29 is 4.42 Å². The molecule has 0 atom stereocenters. The van der Waals surface area contributed by atoms with Crippen LogP contribution in [0.3, 0.4) is 0 Å². The van der Waals surface area contributed by atoms with Crippen LogP contribution in [0.25, 0.3) is 110 Å². The fraction of sp³-hybridized carbons (Fsp3) is 0. The standard InChI is InChI=1S/C54H34N2O/c1-3-11-35(12-4-1)36-19-21-37(22-20-36)40-26-30-51-46(32-40)47-34-54-48(44-16-8-10-18-53(44)57-54)33-52(47)56(51)42-27-23-38(24-28-42)39-25-29-50-45(31-39)43-15-7-9-17-49(43)55(50)41-13-5-2-6-14-41/h1-34H. The van der Waals surface area contributed by atoms with E-state index in [1.54, 1.807) is 0 Å². The van der Waals surface area contributed by atoms with E-state index < -0.39 is 0 Å². The van der Waals surface area contributed by atoms with Gasteiger partial charge < -0.3 is 13.6 Å². The number of rotatable bonds is 5. The topological polar surface area (TPSA) is 23.0 Å². The number of hydrogen-bond acceptors (Lipinski definition) is 1. The molecule has 0 fully saturated rings. The summed E-state index contributed by atoms with van der Waals surface area (Å²) >= 11 is 0. The van der Waals surface area contributed by atoms with Crippen LogP contribution in [0.5, 0.6) is 0 Å². The minimum Gasteiger partial charge on any atom is -0.456 e. The second-order valence-electron chi connectivity index (χ2n) is 14.9. The Morgan fingerprint density at radius 1 is 0.246 bits per heavy atom. The van der Waals surface area contributed by atoms with Crippen LogP contribution in [-0.4, -0.2) is 9.13 Å². The number of hydrogen-bond donors (Lipinski definition) is 0. The molecule has 0 aliphatic rings. The van der Waals surface area contributed by atoms with Gasteiger partial charge in [-0.3, -0.25) is 0 Å². The lowest BCUT2D eigenvalue weighted by molar-refractivity contribution is 0.669. The Morgan fingerprint density at radius 2 is 0.702 bits per heavy atom. The molecule has 0 aliphatic heterocycles. The van der Waals surface area contributed by atoms with E-state index >= 15 is 0 Å². The molecule has 0 radical (unpaired) electrons. The summed E-state index contributed by atoms with van der Waals surface area (Å²) in [6, 6.07) is 74.5. The Kier molecular flexibility index (Phi) is 6.93. The summed E-state index contributed by atoms with van der Waals surface area (Å²) in [4.78, 5) is 0. The molecule has 3 heterocycles. The predicted octanol–water partition coefficient (Wildman–Crippen LogP) is 14.8. The van der Waals surface area contributed by atoms with Crippen molar-refractivity contribution in [3.63, 3.8) is 0 Å². The predicted molar refractivity (Wildman–Crippen MR) is 239 cm³/mol. The van der Waals surface area contributed by atoms with Gasteiger partial charge in [-0.05, 0) is 106 Å². The molecule has 0 amide bonds. The van der Waals surface area contributed by atoms with Gasteiger partial charge in [0.05, 0.1) is 22.1 Å². The molecule has 3 heteroatoms. The molecule has 266 valence electrons. The fourth-order valence-electron chi connectivity index (χ4n) is 8.99. The van der Waals surface area contributed by atoms with Crippen LogP contribution in [0.2, 0.25) is 0 Å². The molecule has 0 saturated heterocycles. The average Bonchev–Trinajstić information content (AvgIpc) is 3.93. The summed E-state index contributed by atoms with van der Waals surface area (Å²) in [5, 5.41) is 7.12. The summed E-state index contributed by atoms with van der Waals surface area (Å²) in [6.07, 6.45) is 0. The maximum absolute atomic E-state index is 6.43. The largest absolute Gasteiger partial charge is 0.456 e. The van der Waals surface area contributed by atoms with Gasteiger partial charge >= 0.3 is 0 Å². The van der Waals surface area contributed by atoms with Crippen molar-refractivity contribution >= 4 is 65.6 Å². The van der Waals surface area contributed by atoms with E-state index in [2.05, 4.69) is 209 Å². The first kappa shape index (κ1) is 31.7. The van der Waals surface area contributed by atoms with Gasteiger partial charge in [0.15, 0.2) is 0 Å². The second kappa shape index (κ2) is 12.5. The molecule has 0 N–H and O–H groups in total. The van der Waals surface area contributed by atoms with Crippen LogP contribution in [0.1, 0.15) is 0 Å². The van der Waals surface area contributed by atoms with Crippen molar-refractivity contribution in [2.45, 2.75) is 0 Å². The number of fused-ring (bicyclic) bond motifs is 9. The van der Waals surface area contributed by atoms with Gasteiger partial charge in [-0.1, -0.05) is 133 Å². The van der Waals surface area contributed by atoms with Gasteiger partial charge in [-0.2, -0.15) is 0 Å². The Labute approximate surface area is 328 Å². The summed E-state index contributed by atoms with van der Waals surface area (Å²) in [7, 11) is 0. The highest BCUT2D eigenvalue weighted by Crippen LogP contribution is 2.41. The molecule has 0 spiro atoms. The Morgan fingerprint density at radius 3 is 1.40 bits per heavy atom. The molecule has 9 aromatic carbocycles. The van der Waals surface area contributed by atoms with Crippen LogP contribution in [-0.2, 0) is 0 Å². The second-order valence-corrected chi connectivity index (χ2v) is 14.9. The molecule has 0 unspecified atom stereocenters. The minimum absolute atomic E-state index is 0.903. The van der Waals surface area contributed by atoms with Crippen molar-refractivity contribution in [3.05, 3.63) is 206 Å². The van der Waals surface area contributed by atoms with Crippen LogP contribution >= 0.6 is 0 Å². The average molecular weight is 727 g/mol. The van der Waals surface area contributed by atoms with Crippen molar-refractivity contribution in [2.75, 3.05) is 0 Å². The molecule has 0 aliphatic carbocycles. The van der Waals surface area contributed by atoms with E-state index in [9.17, 15) is 0 Å². The van der Waals surface area contributed by atoms with E-state index in [-0.39, 0.29) is 0 Å². The lowest BCUT2D eigenvalue weighted by Gasteiger charge is -2.11. The SMILES string of the molecule is c1ccc(-c2ccc(-c3ccc4c(c3)c3cc5oc6ccccc6c5cc3n4-c3ccc(-c4ccc5c(c4)c4ccccc4n5-c4ccccc4)cc3)cc2)cc1. The van der Waals surface area contributed by atoms with Crippen molar-refractivity contribution in [1.29, 1.82) is 0 Å². The van der Waals surface area contributed by atoms with E-state index in [0.29, 0.717) is 0 Å². The number of furan rings is 1. The molecule has 57 heavy (non-hydrogen) atoms. The third kappa shape index (κ3) is 4.99. The summed E-state index contributed by atoms with van der Waals surface area (Å²) in [5.74, 6) is 0. The minimum atomic E-state index is 0.903. The maximum Gasteiger partial charge on any atom is 0.136 e. The first-order chi connectivity index (χ1) is 28.2. The number of benzene rings is 9. The van der Waals surface area contributed by atoms with E-state index in [1.165, 1.54) is 71.6 Å². The Balaban J connectivity index is 0.998. The van der Waals surface area contributed by atoms with Gasteiger partial charge in [-0.15, -0.1) is 0 Å². The maximum atomic E-state index is 6.43. The van der Waals surface area contributed by atoms with E-state index in [4.69, 9.17) is 4.42 Å². The first-order valence-electron chi connectivity index (χ1n) is 19.5. The van der Waals surface area contributed by atoms with Crippen LogP contribution < -0.4 is 0 Å². The van der Waals surface area contributed by atoms with Gasteiger partial charge in [0.25, 0.3) is 0 Å². The van der Waals surface area contributed by atoms with Crippen LogP contribution in [0.15, 0.2) is 211 Å². The number of nitrogens with zero attached hydrogens (tertiary/aromatic N) is 2. The summed E-state index contributed by atoms with van der Waals surface area (Å²) < 4.78 is 11.2. The lowest BCUT2D eigenvalue weighted by Crippen LogP contribution is -1.94. The lowest BCUT2D eigenvalue weighted by atomic mass is 9.99. The van der Waals surface area contributed by atoms with Gasteiger partial charge in [0.1, 0.15) is 11.2 Å². The van der Waals surface area contributed by atoms with E-state index in [1.807, 2.05) is 6.07 Å². The highest BCUT2D eigenvalue weighted by atomic mass is 16.3. The van der Waals surface area contributed by atoms with Crippen molar-refractivity contribution in [1.82, 2.24) is 9.13 Å². The molecule has 3 aromatic heterocycles. The molecule has 12 rings (SSSR count). The summed E-state index contributed by atoms with van der Waals surface area (Å²) in [6.45, 7) is 0. The smallest absolute Gasteiger partial charge is 0.136 e. The van der Waals surface area contributed by atoms with Crippen molar-refractivity contribution in [2.24, 2.45) is 0 Å². The molecular formula is C54H34N2O. The molecule has 12 aromatic rings. The Bertz CT molecular complexity index is 3480. The normalized spacial score (nSPS) is 11.9. The molecular weight excluding hydrogens is 693 g/mol. The van der Waals surface area contributed by atoms with E-state index in [0.717, 1.165) is 38.7 Å². The van der Waals surface area contributed by atoms with Crippen molar-refractivity contribution in [3.8, 4) is 44.8 Å². The molecule has 3 nitrogen and oxygen atoms in total. The third-order valence-corrected chi connectivity index (χ3v) is 11.7. The number of aromatic nitrogens is 2. The van der Waals surface area contributed by atoms with Crippen LogP contribution in [0.4, 0.5) is 0 Å². The highest BCUT2D eigenvalue weighted by molar-refractivity contribution is 6.18. The monoisotopic (exact) mass is 726 g/mol. The first-order valence-corrected chi connectivity index (χ1v) is 19.5. The Hall–Kier alpha value is -7.62.